The Balaban J connectivity index is 1.88. The van der Waals surface area contributed by atoms with Gasteiger partial charge in [-0.2, -0.15) is 13.2 Å². The van der Waals surface area contributed by atoms with E-state index in [-0.39, 0.29) is 6.04 Å². The van der Waals surface area contributed by atoms with Gasteiger partial charge in [0.1, 0.15) is 4.88 Å². The lowest BCUT2D eigenvalue weighted by Gasteiger charge is -2.25. The van der Waals surface area contributed by atoms with Crippen LogP contribution in [0.3, 0.4) is 0 Å². The van der Waals surface area contributed by atoms with Crippen LogP contribution in [0.4, 0.5) is 24.0 Å². The summed E-state index contributed by atoms with van der Waals surface area (Å²) >= 11 is 0.725. The zero-order chi connectivity index (χ0) is 16.6. The highest BCUT2D eigenvalue weighted by molar-refractivity contribution is 7.15. The summed E-state index contributed by atoms with van der Waals surface area (Å²) in [5, 5.41) is 0.454. The maximum atomic E-state index is 12.8. The molecule has 3 nitrogen and oxygen atoms in total. The van der Waals surface area contributed by atoms with Crippen molar-refractivity contribution < 1.29 is 13.2 Å². The molecule has 3 rings (SSSR count). The minimum atomic E-state index is -4.32. The average Bonchev–Trinajstić information content (AvgIpc) is 3.15. The van der Waals surface area contributed by atoms with E-state index in [1.807, 2.05) is 42.1 Å². The van der Waals surface area contributed by atoms with Crippen LogP contribution in [0.25, 0.3) is 0 Å². The summed E-state index contributed by atoms with van der Waals surface area (Å²) in [7, 11) is 3.95. The topological polar surface area (TPSA) is 19.4 Å². The number of benzene rings is 1. The van der Waals surface area contributed by atoms with Gasteiger partial charge in [0.25, 0.3) is 0 Å². The van der Waals surface area contributed by atoms with Crippen LogP contribution in [0.2, 0.25) is 0 Å². The number of hydrogen-bond acceptors (Lipinski definition) is 4. The monoisotopic (exact) mass is 341 g/mol. The third-order valence-corrected chi connectivity index (χ3v) is 5.12. The Hall–Kier alpha value is -1.76. The molecular weight excluding hydrogens is 323 g/mol. The summed E-state index contributed by atoms with van der Waals surface area (Å²) in [5.41, 5.74) is 2.21. The Bertz CT molecular complexity index is 681. The zero-order valence-electron chi connectivity index (χ0n) is 13.0. The summed E-state index contributed by atoms with van der Waals surface area (Å²) in [6.45, 7) is 0.738. The molecule has 1 aliphatic rings. The molecule has 0 saturated carbocycles. The Labute approximate surface area is 137 Å². The van der Waals surface area contributed by atoms with Gasteiger partial charge in [-0.3, -0.25) is 0 Å². The lowest BCUT2D eigenvalue weighted by atomic mass is 10.0. The first kappa shape index (κ1) is 16.1. The molecule has 1 aromatic carbocycles. The minimum Gasteiger partial charge on any atom is -0.378 e. The van der Waals surface area contributed by atoms with Crippen molar-refractivity contribution in [3.8, 4) is 0 Å². The summed E-state index contributed by atoms with van der Waals surface area (Å²) in [6.07, 6.45) is -1.50. The highest BCUT2D eigenvalue weighted by atomic mass is 32.1. The van der Waals surface area contributed by atoms with Crippen molar-refractivity contribution in [2.24, 2.45) is 0 Å². The molecule has 1 unspecified atom stereocenters. The highest BCUT2D eigenvalue weighted by Crippen LogP contribution is 2.42. The standard InChI is InChI=1S/C16H18F3N3S/c1-21(2)12-6-3-5-11(9-12)13-7-4-8-22(13)15-20-10-14(23-15)16(17,18)19/h3,5-6,9-10,13H,4,7-8H2,1-2H3. The fraction of sp³-hybridized carbons (Fsp3) is 0.438. The molecule has 1 fully saturated rings. The summed E-state index contributed by atoms with van der Waals surface area (Å²) in [6, 6.07) is 8.23. The van der Waals surface area contributed by atoms with E-state index in [4.69, 9.17) is 0 Å². The Morgan fingerprint density at radius 2 is 2.09 bits per heavy atom. The van der Waals surface area contributed by atoms with Crippen molar-refractivity contribution in [1.29, 1.82) is 0 Å². The molecule has 2 heterocycles. The molecule has 1 saturated heterocycles. The SMILES string of the molecule is CN(C)c1cccc(C2CCCN2c2ncc(C(F)(F)F)s2)c1. The maximum absolute atomic E-state index is 12.8. The molecule has 0 N–H and O–H groups in total. The fourth-order valence-electron chi connectivity index (χ4n) is 2.88. The van der Waals surface area contributed by atoms with Gasteiger partial charge >= 0.3 is 6.18 Å². The maximum Gasteiger partial charge on any atom is 0.427 e. The molecule has 0 aliphatic carbocycles. The van der Waals surface area contributed by atoms with E-state index in [0.29, 0.717) is 5.13 Å². The van der Waals surface area contributed by atoms with Crippen molar-refractivity contribution in [1.82, 2.24) is 4.98 Å². The molecule has 2 aromatic rings. The van der Waals surface area contributed by atoms with Gasteiger partial charge in [0.15, 0.2) is 5.13 Å². The number of aromatic nitrogens is 1. The smallest absolute Gasteiger partial charge is 0.378 e. The Kier molecular flexibility index (Phi) is 4.23. The van der Waals surface area contributed by atoms with Crippen LogP contribution >= 0.6 is 11.3 Å². The summed E-state index contributed by atoms with van der Waals surface area (Å²) in [5.74, 6) is 0. The molecule has 0 radical (unpaired) electrons. The van der Waals surface area contributed by atoms with Gasteiger partial charge in [-0.1, -0.05) is 23.5 Å². The second-order valence-corrected chi connectivity index (χ2v) is 6.85. The van der Waals surface area contributed by atoms with Crippen LogP contribution < -0.4 is 9.80 Å². The Morgan fingerprint density at radius 3 is 2.74 bits per heavy atom. The number of nitrogens with zero attached hydrogens (tertiary/aromatic N) is 3. The van der Waals surface area contributed by atoms with Crippen molar-refractivity contribution in [2.45, 2.75) is 25.1 Å². The third kappa shape index (κ3) is 3.29. The summed E-state index contributed by atoms with van der Waals surface area (Å²) < 4.78 is 38.4. The van der Waals surface area contributed by atoms with Crippen LogP contribution in [0, 0.1) is 0 Å². The highest BCUT2D eigenvalue weighted by Gasteiger charge is 2.35. The van der Waals surface area contributed by atoms with Crippen LogP contribution in [0.15, 0.2) is 30.5 Å². The van der Waals surface area contributed by atoms with E-state index in [1.54, 1.807) is 0 Å². The van der Waals surface area contributed by atoms with E-state index < -0.39 is 11.1 Å². The van der Waals surface area contributed by atoms with Gasteiger partial charge in [-0.05, 0) is 30.5 Å². The predicted molar refractivity (Wildman–Crippen MR) is 87.2 cm³/mol. The largest absolute Gasteiger partial charge is 0.427 e. The predicted octanol–water partition coefficient (Wildman–Crippen LogP) is 4.57. The van der Waals surface area contributed by atoms with Crippen molar-refractivity contribution in [2.75, 3.05) is 30.4 Å². The molecule has 1 aromatic heterocycles. The van der Waals surface area contributed by atoms with Gasteiger partial charge in [-0.15, -0.1) is 0 Å². The van der Waals surface area contributed by atoms with Crippen molar-refractivity contribution in [3.63, 3.8) is 0 Å². The quantitative estimate of drug-likeness (QED) is 0.815. The number of halogens is 3. The summed E-state index contributed by atoms with van der Waals surface area (Å²) in [4.78, 5) is 7.39. The Morgan fingerprint density at radius 1 is 1.30 bits per heavy atom. The molecule has 1 aliphatic heterocycles. The van der Waals surface area contributed by atoms with Crippen LogP contribution in [-0.4, -0.2) is 25.6 Å². The molecule has 0 bridgehead atoms. The molecule has 0 spiro atoms. The second kappa shape index (κ2) is 6.03. The van der Waals surface area contributed by atoms with Crippen LogP contribution in [0.1, 0.15) is 29.3 Å². The normalized spacial score (nSPS) is 18.5. The number of thiazole rings is 1. The molecule has 124 valence electrons. The van der Waals surface area contributed by atoms with Gasteiger partial charge in [0, 0.05) is 26.3 Å². The number of hydrogen-bond donors (Lipinski definition) is 0. The number of anilines is 2. The molecule has 7 heteroatoms. The first-order valence-corrected chi connectivity index (χ1v) is 8.25. The average molecular weight is 341 g/mol. The van der Waals surface area contributed by atoms with Crippen LogP contribution in [0.5, 0.6) is 0 Å². The first-order valence-electron chi connectivity index (χ1n) is 7.43. The number of rotatable bonds is 3. The fourth-order valence-corrected chi connectivity index (χ4v) is 3.74. The number of alkyl halides is 3. The van der Waals surface area contributed by atoms with Crippen molar-refractivity contribution >= 4 is 22.2 Å². The van der Waals surface area contributed by atoms with E-state index in [1.165, 1.54) is 0 Å². The second-order valence-electron chi connectivity index (χ2n) is 5.85. The van der Waals surface area contributed by atoms with Crippen LogP contribution in [-0.2, 0) is 6.18 Å². The van der Waals surface area contributed by atoms with E-state index in [9.17, 15) is 13.2 Å². The van der Waals surface area contributed by atoms with Gasteiger partial charge in [0.2, 0.25) is 0 Å². The van der Waals surface area contributed by atoms with E-state index >= 15 is 0 Å². The molecule has 1 atom stereocenters. The third-order valence-electron chi connectivity index (χ3n) is 4.04. The first-order chi connectivity index (χ1) is 10.9. The van der Waals surface area contributed by atoms with Gasteiger partial charge in [-0.25, -0.2) is 4.98 Å². The molecule has 23 heavy (non-hydrogen) atoms. The molecule has 0 amide bonds. The lowest BCUT2D eigenvalue weighted by molar-refractivity contribution is -0.134. The minimum absolute atomic E-state index is 0.0853. The lowest BCUT2D eigenvalue weighted by Crippen LogP contribution is -2.22. The van der Waals surface area contributed by atoms with E-state index in [2.05, 4.69) is 11.1 Å². The molecular formula is C16H18F3N3S. The van der Waals surface area contributed by atoms with Crippen molar-refractivity contribution in [3.05, 3.63) is 40.9 Å². The van der Waals surface area contributed by atoms with E-state index in [0.717, 1.165) is 48.2 Å². The van der Waals surface area contributed by atoms with Gasteiger partial charge < -0.3 is 9.80 Å². The van der Waals surface area contributed by atoms with Gasteiger partial charge in [0.05, 0.1) is 12.2 Å². The zero-order valence-corrected chi connectivity index (χ0v) is 13.8.